The fourth-order valence-electron chi connectivity index (χ4n) is 18.4. The van der Waals surface area contributed by atoms with E-state index in [1.165, 1.54) is 140 Å². The fourth-order valence-corrected chi connectivity index (χ4v) is 18.4. The summed E-state index contributed by atoms with van der Waals surface area (Å²) in [4.78, 5) is 10.0. The number of hydrogen-bond donors (Lipinski definition) is 0. The molecule has 0 heterocycles. The minimum Gasteiger partial charge on any atom is -0.310 e. The Kier molecular flexibility index (Phi) is 16.0. The molecule has 0 radical (unpaired) electrons. The molecule has 0 unspecified atom stereocenters. The second-order valence-corrected chi connectivity index (χ2v) is 32.8. The highest BCUT2D eigenvalue weighted by Gasteiger charge is 2.29. The molecule has 0 N–H and O–H groups in total. The summed E-state index contributed by atoms with van der Waals surface area (Å²) in [6.45, 7) is 14.1. The minimum atomic E-state index is -0.293. The van der Waals surface area contributed by atoms with E-state index in [0.29, 0.717) is 0 Å². The number of nitrogens with zero attached hydrogens (tertiary/aromatic N) is 4. The highest BCUT2D eigenvalue weighted by Crippen LogP contribution is 2.52. The molecule has 4 heteroatoms. The van der Waals surface area contributed by atoms with Gasteiger partial charge in [-0.15, -0.1) is 0 Å². The molecule has 0 aromatic heterocycles. The smallest absolute Gasteiger partial charge is 0.0485 e. The van der Waals surface area contributed by atoms with Crippen LogP contribution in [-0.4, -0.2) is 0 Å². The van der Waals surface area contributed by atoms with Crippen molar-refractivity contribution in [2.75, 3.05) is 19.6 Å². The molecule has 0 aliphatic carbocycles. The highest BCUT2D eigenvalue weighted by molar-refractivity contribution is 6.30. The van der Waals surface area contributed by atoms with Gasteiger partial charge in [-0.05, 0) is 279 Å². The number of rotatable bonds is 12. The molecule has 0 aliphatic rings. The van der Waals surface area contributed by atoms with Crippen LogP contribution in [0.2, 0.25) is 0 Å². The molecule has 21 aromatic carbocycles. The quantitative estimate of drug-likeness (QED) is 0.113. The van der Waals surface area contributed by atoms with Crippen LogP contribution in [0.4, 0.5) is 68.2 Å². The van der Waals surface area contributed by atoms with Gasteiger partial charge in [0.15, 0.2) is 0 Å². The predicted octanol–water partition coefficient (Wildman–Crippen LogP) is 32.0. The summed E-state index contributed by atoms with van der Waals surface area (Å²) in [6.07, 6.45) is 0. The zero-order valence-electron chi connectivity index (χ0n) is 64.7. The maximum atomic E-state index is 2.54. The van der Waals surface area contributed by atoms with Crippen molar-refractivity contribution < 1.29 is 0 Å². The van der Waals surface area contributed by atoms with E-state index in [9.17, 15) is 0 Å². The largest absolute Gasteiger partial charge is 0.310 e. The summed E-state index contributed by atoms with van der Waals surface area (Å²) >= 11 is 0. The second kappa shape index (κ2) is 26.9. The molecule has 0 aliphatic heterocycles. The van der Waals surface area contributed by atoms with Gasteiger partial charge in [-0.2, -0.15) is 0 Å². The lowest BCUT2D eigenvalue weighted by molar-refractivity contribution is 0.590. The molecule has 21 rings (SSSR count). The zero-order valence-corrected chi connectivity index (χ0v) is 64.7. The topological polar surface area (TPSA) is 13.0 Å². The van der Waals surface area contributed by atoms with E-state index in [-0.39, 0.29) is 10.8 Å². The van der Waals surface area contributed by atoms with Crippen molar-refractivity contribution >= 4 is 198 Å². The van der Waals surface area contributed by atoms with Crippen LogP contribution >= 0.6 is 0 Å². The Balaban J connectivity index is 0.827. The Morgan fingerprint density at radius 3 is 0.491 bits per heavy atom. The van der Waals surface area contributed by atoms with E-state index in [2.05, 4.69) is 449 Å². The van der Waals surface area contributed by atoms with Crippen molar-refractivity contribution in [1.29, 1.82) is 0 Å². The van der Waals surface area contributed by atoms with Crippen molar-refractivity contribution in [3.8, 4) is 0 Å². The maximum Gasteiger partial charge on any atom is 0.0485 e. The van der Waals surface area contributed by atoms with Crippen LogP contribution < -0.4 is 19.6 Å². The standard InChI is InChI=1S/C110H82N4/c1-109(2,3)71-60-81(111(73-30-9-7-10-31-73)77-52-56-101-93-44-17-13-36-85(93)89-40-21-25-48-97(89)105(101)67-77)65-83(62-71)113(79-54-58-103-95-46-19-15-38-87(95)91-42-23-27-50-99(91)107(103)69-79)75-34-29-35-76(64-75)114(80-55-59-104-96-47-20-16-39-88(96)92-43-24-28-51-100(92)108(104)70-80)84-63-72(110(4,5)6)61-82(66-84)112(74-32-11-8-12-33-74)78-53-57-102-94-45-18-14-37-86(94)90-41-22-26-49-98(90)106(102)68-78/h7-70H,1-6H3. The van der Waals surface area contributed by atoms with E-state index in [0.717, 1.165) is 68.2 Å². The first-order chi connectivity index (χ1) is 55.8. The first-order valence-corrected chi connectivity index (χ1v) is 39.9. The second-order valence-electron chi connectivity index (χ2n) is 32.8. The van der Waals surface area contributed by atoms with Crippen molar-refractivity contribution in [3.05, 3.63) is 399 Å². The van der Waals surface area contributed by atoms with Gasteiger partial charge in [0.2, 0.25) is 0 Å². The molecule has 542 valence electrons. The number of fused-ring (bicyclic) bond motifs is 24. The van der Waals surface area contributed by atoms with Gasteiger partial charge in [0, 0.05) is 68.2 Å². The van der Waals surface area contributed by atoms with Gasteiger partial charge in [0.25, 0.3) is 0 Å². The van der Waals surface area contributed by atoms with Crippen LogP contribution in [0.15, 0.2) is 388 Å². The lowest BCUT2D eigenvalue weighted by Gasteiger charge is -2.34. The third-order valence-electron chi connectivity index (χ3n) is 23.9. The van der Waals surface area contributed by atoms with Gasteiger partial charge in [-0.25, -0.2) is 0 Å². The number of hydrogen-bond acceptors (Lipinski definition) is 4. The molecule has 0 amide bonds. The molecule has 21 aromatic rings. The van der Waals surface area contributed by atoms with Crippen LogP contribution in [0, 0.1) is 0 Å². The summed E-state index contributed by atoms with van der Waals surface area (Å²) in [5, 5.41) is 29.5. The molecule has 4 nitrogen and oxygen atoms in total. The van der Waals surface area contributed by atoms with Gasteiger partial charge < -0.3 is 19.6 Å². The Bertz CT molecular complexity index is 6890. The van der Waals surface area contributed by atoms with Crippen molar-refractivity contribution in [1.82, 2.24) is 0 Å². The monoisotopic (exact) mass is 1460 g/mol. The fraction of sp³-hybridized carbons (Fsp3) is 0.0727. The summed E-state index contributed by atoms with van der Waals surface area (Å²) in [5.41, 5.74) is 14.3. The Morgan fingerprint density at radius 2 is 0.281 bits per heavy atom. The lowest BCUT2D eigenvalue weighted by Crippen LogP contribution is -2.19. The molecule has 0 spiro atoms. The molecule has 0 bridgehead atoms. The first kappa shape index (κ1) is 68.0. The average Bonchev–Trinajstić information content (AvgIpc) is 0.747. The van der Waals surface area contributed by atoms with Gasteiger partial charge in [-0.1, -0.05) is 302 Å². The molecule has 114 heavy (non-hydrogen) atoms. The van der Waals surface area contributed by atoms with E-state index in [1.807, 2.05) is 0 Å². The molecule has 0 saturated carbocycles. The van der Waals surface area contributed by atoms with Crippen molar-refractivity contribution in [2.24, 2.45) is 0 Å². The van der Waals surface area contributed by atoms with Crippen molar-refractivity contribution in [3.63, 3.8) is 0 Å². The number of para-hydroxylation sites is 2. The molecule has 0 saturated heterocycles. The average molecular weight is 1460 g/mol. The van der Waals surface area contributed by atoms with Crippen molar-refractivity contribution in [2.45, 2.75) is 52.4 Å². The van der Waals surface area contributed by atoms with E-state index >= 15 is 0 Å². The lowest BCUT2D eigenvalue weighted by atomic mass is 9.86. The van der Waals surface area contributed by atoms with Gasteiger partial charge in [-0.3, -0.25) is 0 Å². The van der Waals surface area contributed by atoms with Gasteiger partial charge >= 0.3 is 0 Å². The number of benzene rings is 21. The third-order valence-corrected chi connectivity index (χ3v) is 23.9. The van der Waals surface area contributed by atoms with E-state index in [1.54, 1.807) is 0 Å². The summed E-state index contributed by atoms with van der Waals surface area (Å²) in [6, 6.07) is 146. The molecule has 0 fully saturated rings. The summed E-state index contributed by atoms with van der Waals surface area (Å²) in [5.74, 6) is 0. The zero-order chi connectivity index (χ0) is 76.5. The summed E-state index contributed by atoms with van der Waals surface area (Å²) < 4.78 is 0. The summed E-state index contributed by atoms with van der Waals surface area (Å²) in [7, 11) is 0. The van der Waals surface area contributed by atoms with Crippen LogP contribution in [0.25, 0.3) is 129 Å². The molecular weight excluding hydrogens is 1380 g/mol. The van der Waals surface area contributed by atoms with Crippen LogP contribution in [0.5, 0.6) is 0 Å². The van der Waals surface area contributed by atoms with E-state index in [4.69, 9.17) is 0 Å². The Hall–Kier alpha value is -14.1. The molecular formula is C110H82N4. The Labute approximate surface area is 664 Å². The van der Waals surface area contributed by atoms with Gasteiger partial charge in [0.05, 0.1) is 0 Å². The Morgan fingerprint density at radius 1 is 0.123 bits per heavy atom. The minimum absolute atomic E-state index is 0.293. The highest BCUT2D eigenvalue weighted by atomic mass is 15.2. The normalized spacial score (nSPS) is 12.1. The first-order valence-electron chi connectivity index (χ1n) is 39.9. The number of anilines is 12. The van der Waals surface area contributed by atoms with Crippen LogP contribution in [0.1, 0.15) is 52.7 Å². The van der Waals surface area contributed by atoms with Crippen LogP contribution in [0.3, 0.4) is 0 Å². The third kappa shape index (κ3) is 11.4. The van der Waals surface area contributed by atoms with E-state index < -0.39 is 0 Å². The SMILES string of the molecule is CC(C)(C)c1cc(N(c2ccccc2)c2ccc3c4ccccc4c4ccccc4c3c2)cc(N(c2cccc(N(c3cc(N(c4ccccc4)c4ccc5c6ccccc6c6ccccc6c5c4)cc(C(C)(C)C)c3)c3ccc4c5ccccc5c5ccccc5c4c3)c2)c2ccc3c4ccccc4c4ccccc4c3c2)c1. The van der Waals surface area contributed by atoms with Gasteiger partial charge in [0.1, 0.15) is 0 Å². The maximum absolute atomic E-state index is 2.54. The predicted molar refractivity (Wildman–Crippen MR) is 493 cm³/mol. The molecule has 0 atom stereocenters. The van der Waals surface area contributed by atoms with Crippen LogP contribution in [-0.2, 0) is 10.8 Å².